The van der Waals surface area contributed by atoms with Crippen LogP contribution in [-0.2, 0) is 23.0 Å². The van der Waals surface area contributed by atoms with Gasteiger partial charge in [-0.2, -0.15) is 0 Å². The number of benzene rings is 3. The molecule has 0 aromatic heterocycles. The lowest BCUT2D eigenvalue weighted by atomic mass is 10.1. The van der Waals surface area contributed by atoms with Crippen LogP contribution in [0.4, 0.5) is 0 Å². The maximum atomic E-state index is 12.9. The zero-order chi connectivity index (χ0) is 22.3. The molecule has 3 rings (SSSR count). The Hall–Kier alpha value is -3.16. The van der Waals surface area contributed by atoms with Gasteiger partial charge in [-0.25, -0.2) is 13.1 Å². The van der Waals surface area contributed by atoms with Crippen LogP contribution in [-0.4, -0.2) is 39.9 Å². The highest BCUT2D eigenvalue weighted by Gasteiger charge is 2.22. The molecule has 31 heavy (non-hydrogen) atoms. The maximum Gasteiger partial charge on any atom is 0.253 e. The van der Waals surface area contributed by atoms with Crippen molar-refractivity contribution in [3.63, 3.8) is 0 Å². The first-order valence-electron chi connectivity index (χ1n) is 9.92. The number of sulfonamides is 1. The fourth-order valence-corrected chi connectivity index (χ4v) is 4.45. The normalized spacial score (nSPS) is 11.2. The van der Waals surface area contributed by atoms with Crippen molar-refractivity contribution in [3.8, 4) is 5.75 Å². The van der Waals surface area contributed by atoms with Gasteiger partial charge in [0.25, 0.3) is 5.91 Å². The average Bonchev–Trinajstić information content (AvgIpc) is 2.79. The number of carbonyl (C=O) groups is 1. The van der Waals surface area contributed by atoms with Gasteiger partial charge < -0.3 is 9.64 Å². The third-order valence-electron chi connectivity index (χ3n) is 4.86. The van der Waals surface area contributed by atoms with Gasteiger partial charge in [-0.3, -0.25) is 4.79 Å². The summed E-state index contributed by atoms with van der Waals surface area (Å²) in [5, 5.41) is 0. The van der Waals surface area contributed by atoms with Gasteiger partial charge in [0.2, 0.25) is 10.0 Å². The fourth-order valence-electron chi connectivity index (χ4n) is 3.22. The number of nitrogens with zero attached hydrogens (tertiary/aromatic N) is 1. The Morgan fingerprint density at radius 1 is 0.935 bits per heavy atom. The summed E-state index contributed by atoms with van der Waals surface area (Å²) in [4.78, 5) is 14.4. The van der Waals surface area contributed by atoms with Crippen LogP contribution in [0.3, 0.4) is 0 Å². The Morgan fingerprint density at radius 3 is 2.16 bits per heavy atom. The molecular weight excluding hydrogens is 412 g/mol. The molecule has 0 heterocycles. The van der Waals surface area contributed by atoms with E-state index in [2.05, 4.69) is 4.72 Å². The van der Waals surface area contributed by atoms with Crippen molar-refractivity contribution in [2.45, 2.75) is 17.9 Å². The predicted octanol–water partition coefficient (Wildman–Crippen LogP) is 3.49. The molecule has 6 nitrogen and oxygen atoms in total. The van der Waals surface area contributed by atoms with E-state index in [9.17, 15) is 13.2 Å². The van der Waals surface area contributed by atoms with Crippen molar-refractivity contribution >= 4 is 15.9 Å². The Labute approximate surface area is 183 Å². The molecule has 0 aliphatic rings. The minimum Gasteiger partial charge on any atom is -0.495 e. The Bertz CT molecular complexity index is 1120. The van der Waals surface area contributed by atoms with Gasteiger partial charge in [0, 0.05) is 25.7 Å². The number of methoxy groups -OCH3 is 1. The van der Waals surface area contributed by atoms with Crippen molar-refractivity contribution in [3.05, 3.63) is 95.6 Å². The molecule has 7 heteroatoms. The van der Waals surface area contributed by atoms with E-state index in [0.29, 0.717) is 13.0 Å². The topological polar surface area (TPSA) is 75.7 Å². The summed E-state index contributed by atoms with van der Waals surface area (Å²) in [5.41, 5.74) is 2.30. The van der Waals surface area contributed by atoms with Gasteiger partial charge in [-0.1, -0.05) is 60.7 Å². The van der Waals surface area contributed by atoms with Gasteiger partial charge in [0.05, 0.1) is 7.11 Å². The minimum absolute atomic E-state index is 0.0537. The number of hydrogen-bond acceptors (Lipinski definition) is 4. The highest BCUT2D eigenvalue weighted by Crippen LogP contribution is 2.25. The molecule has 0 saturated carbocycles. The molecular formula is C24H26N2O4S. The average molecular weight is 439 g/mol. The molecule has 0 bridgehead atoms. The second-order valence-corrected chi connectivity index (χ2v) is 8.88. The summed E-state index contributed by atoms with van der Waals surface area (Å²) < 4.78 is 33.7. The fraction of sp³-hybridized carbons (Fsp3) is 0.208. The second kappa shape index (κ2) is 10.2. The predicted molar refractivity (Wildman–Crippen MR) is 121 cm³/mol. The van der Waals surface area contributed by atoms with Crippen molar-refractivity contribution in [1.29, 1.82) is 0 Å². The van der Waals surface area contributed by atoms with Crippen molar-refractivity contribution in [1.82, 2.24) is 9.62 Å². The first kappa shape index (κ1) is 22.5. The number of nitrogens with one attached hydrogen (secondary N) is 1. The van der Waals surface area contributed by atoms with Crippen LogP contribution in [0.1, 0.15) is 21.5 Å². The summed E-state index contributed by atoms with van der Waals surface area (Å²) in [7, 11) is -0.769. The number of amides is 1. The van der Waals surface area contributed by atoms with Gasteiger partial charge >= 0.3 is 0 Å². The Morgan fingerprint density at radius 2 is 1.55 bits per heavy atom. The van der Waals surface area contributed by atoms with Crippen molar-refractivity contribution < 1.29 is 17.9 Å². The van der Waals surface area contributed by atoms with E-state index in [4.69, 9.17) is 4.74 Å². The van der Waals surface area contributed by atoms with Crippen LogP contribution in [0, 0.1) is 0 Å². The zero-order valence-corrected chi connectivity index (χ0v) is 18.4. The molecule has 162 valence electrons. The Balaban J connectivity index is 1.76. The molecule has 0 aliphatic heterocycles. The quantitative estimate of drug-likeness (QED) is 0.555. The van der Waals surface area contributed by atoms with Crippen LogP contribution < -0.4 is 9.46 Å². The molecule has 0 fully saturated rings. The van der Waals surface area contributed by atoms with E-state index in [1.807, 2.05) is 60.7 Å². The van der Waals surface area contributed by atoms with E-state index in [-0.39, 0.29) is 28.7 Å². The van der Waals surface area contributed by atoms with Crippen LogP contribution in [0.25, 0.3) is 0 Å². The summed E-state index contributed by atoms with van der Waals surface area (Å²) in [6.07, 6.45) is 0.556. The van der Waals surface area contributed by atoms with Crippen molar-refractivity contribution in [2.75, 3.05) is 20.7 Å². The highest BCUT2D eigenvalue weighted by atomic mass is 32.2. The molecule has 0 saturated heterocycles. The Kier molecular flexibility index (Phi) is 7.44. The third-order valence-corrected chi connectivity index (χ3v) is 6.34. The number of ether oxygens (including phenoxy) is 1. The molecule has 1 amide bonds. The summed E-state index contributed by atoms with van der Waals surface area (Å²) in [6.45, 7) is 0.657. The molecule has 1 N–H and O–H groups in total. The molecule has 0 spiro atoms. The summed E-state index contributed by atoms with van der Waals surface area (Å²) in [6, 6.07) is 23.7. The summed E-state index contributed by atoms with van der Waals surface area (Å²) >= 11 is 0. The monoisotopic (exact) mass is 438 g/mol. The molecule has 0 atom stereocenters. The van der Waals surface area contributed by atoms with Gasteiger partial charge in [0.1, 0.15) is 10.6 Å². The van der Waals surface area contributed by atoms with Crippen LogP contribution in [0.5, 0.6) is 5.75 Å². The molecule has 3 aromatic carbocycles. The second-order valence-electron chi connectivity index (χ2n) is 7.15. The smallest absolute Gasteiger partial charge is 0.253 e. The van der Waals surface area contributed by atoms with Gasteiger partial charge in [-0.15, -0.1) is 0 Å². The molecule has 0 aliphatic carbocycles. The standard InChI is InChI=1S/C24H26N2O4S/c1-26(18-20-11-7-4-8-12-20)24(27)21-13-14-22(30-2)23(17-21)31(28,29)25-16-15-19-9-5-3-6-10-19/h3-14,17,25H,15-16,18H2,1-2H3. The highest BCUT2D eigenvalue weighted by molar-refractivity contribution is 7.89. The van der Waals surface area contributed by atoms with Crippen LogP contribution in [0.2, 0.25) is 0 Å². The minimum atomic E-state index is -3.86. The maximum absolute atomic E-state index is 12.9. The lowest BCUT2D eigenvalue weighted by Gasteiger charge is -2.18. The van der Waals surface area contributed by atoms with Gasteiger partial charge in [-0.05, 0) is 35.7 Å². The number of rotatable bonds is 9. The lowest BCUT2D eigenvalue weighted by molar-refractivity contribution is 0.0785. The van der Waals surface area contributed by atoms with E-state index in [1.165, 1.54) is 19.2 Å². The largest absolute Gasteiger partial charge is 0.495 e. The SMILES string of the molecule is COc1ccc(C(=O)N(C)Cc2ccccc2)cc1S(=O)(=O)NCCc1ccccc1. The first-order chi connectivity index (χ1) is 14.9. The van der Waals surface area contributed by atoms with Crippen LogP contribution in [0.15, 0.2) is 83.8 Å². The van der Waals surface area contributed by atoms with E-state index < -0.39 is 10.0 Å². The number of hydrogen-bond donors (Lipinski definition) is 1. The molecule has 3 aromatic rings. The third kappa shape index (κ3) is 5.93. The molecule has 0 unspecified atom stereocenters. The van der Waals surface area contributed by atoms with E-state index in [0.717, 1.165) is 11.1 Å². The number of carbonyl (C=O) groups excluding carboxylic acids is 1. The summed E-state index contributed by atoms with van der Waals surface area (Å²) in [5.74, 6) is -0.0817. The lowest BCUT2D eigenvalue weighted by Crippen LogP contribution is -2.28. The molecule has 0 radical (unpaired) electrons. The zero-order valence-electron chi connectivity index (χ0n) is 17.6. The van der Waals surface area contributed by atoms with Crippen LogP contribution >= 0.6 is 0 Å². The first-order valence-corrected chi connectivity index (χ1v) is 11.4. The van der Waals surface area contributed by atoms with E-state index in [1.54, 1.807) is 18.0 Å². The van der Waals surface area contributed by atoms with Crippen molar-refractivity contribution in [2.24, 2.45) is 0 Å². The van der Waals surface area contributed by atoms with Gasteiger partial charge in [0.15, 0.2) is 0 Å². The van der Waals surface area contributed by atoms with E-state index >= 15 is 0 Å².